The number of benzene rings is 1. The highest BCUT2D eigenvalue weighted by Crippen LogP contribution is 2.20. The van der Waals surface area contributed by atoms with Crippen LogP contribution in [0.25, 0.3) is 0 Å². The second-order valence-electron chi connectivity index (χ2n) is 5.85. The fraction of sp³-hybridized carbons (Fsp3) is 0.588. The number of rotatable bonds is 5. The van der Waals surface area contributed by atoms with Crippen molar-refractivity contribution in [3.8, 4) is 5.75 Å². The lowest BCUT2D eigenvalue weighted by Gasteiger charge is -2.24. The summed E-state index contributed by atoms with van der Waals surface area (Å²) in [5, 5.41) is 12.6. The lowest BCUT2D eigenvalue weighted by molar-refractivity contribution is -0.128. The highest BCUT2D eigenvalue weighted by atomic mass is 16.5. The summed E-state index contributed by atoms with van der Waals surface area (Å²) in [7, 11) is 0. The summed E-state index contributed by atoms with van der Waals surface area (Å²) in [4.78, 5) is 12.1. The van der Waals surface area contributed by atoms with Gasteiger partial charge < -0.3 is 15.2 Å². The van der Waals surface area contributed by atoms with Gasteiger partial charge in [-0.1, -0.05) is 31.4 Å². The molecule has 1 saturated carbocycles. The molecule has 1 aliphatic rings. The van der Waals surface area contributed by atoms with Gasteiger partial charge in [-0.3, -0.25) is 4.79 Å². The van der Waals surface area contributed by atoms with Crippen molar-refractivity contribution in [2.24, 2.45) is 0 Å². The Hall–Kier alpha value is -1.55. The van der Waals surface area contributed by atoms with Gasteiger partial charge in [0.05, 0.1) is 6.10 Å². The van der Waals surface area contributed by atoms with E-state index in [1.807, 2.05) is 12.1 Å². The van der Waals surface area contributed by atoms with Gasteiger partial charge in [0.1, 0.15) is 5.75 Å². The Morgan fingerprint density at radius 2 is 2.00 bits per heavy atom. The SMILES string of the molecule is CC(Oc1cccc([C@H](C)O)c1)C(=O)NC1CCCCC1. The number of hydrogen-bond donors (Lipinski definition) is 2. The topological polar surface area (TPSA) is 58.6 Å². The maximum atomic E-state index is 12.1. The van der Waals surface area contributed by atoms with Crippen molar-refractivity contribution < 1.29 is 14.6 Å². The zero-order chi connectivity index (χ0) is 15.2. The standard InChI is InChI=1S/C17H25NO3/c1-12(19)14-7-6-10-16(11-14)21-13(2)17(20)18-15-8-4-3-5-9-15/h6-7,10-13,15,19H,3-5,8-9H2,1-2H3,(H,18,20)/t12-,13?/m0/s1. The molecular weight excluding hydrogens is 266 g/mol. The quantitative estimate of drug-likeness (QED) is 0.877. The second kappa shape index (κ2) is 7.46. The van der Waals surface area contributed by atoms with Crippen molar-refractivity contribution in [1.82, 2.24) is 5.32 Å². The van der Waals surface area contributed by atoms with Crippen LogP contribution < -0.4 is 10.1 Å². The minimum atomic E-state index is -0.542. The molecule has 1 amide bonds. The van der Waals surface area contributed by atoms with Gasteiger partial charge in [-0.15, -0.1) is 0 Å². The molecule has 2 N–H and O–H groups in total. The van der Waals surface area contributed by atoms with Crippen LogP contribution >= 0.6 is 0 Å². The van der Waals surface area contributed by atoms with Crippen molar-refractivity contribution >= 4 is 5.91 Å². The number of carbonyl (C=O) groups excluding carboxylic acids is 1. The van der Waals surface area contributed by atoms with Gasteiger partial charge in [0.25, 0.3) is 5.91 Å². The molecule has 1 aliphatic carbocycles. The van der Waals surface area contributed by atoms with Crippen LogP contribution in [0.2, 0.25) is 0 Å². The largest absolute Gasteiger partial charge is 0.481 e. The van der Waals surface area contributed by atoms with E-state index in [1.165, 1.54) is 19.3 Å². The molecule has 21 heavy (non-hydrogen) atoms. The van der Waals surface area contributed by atoms with Crippen LogP contribution in [0.1, 0.15) is 57.6 Å². The number of ether oxygens (including phenoxy) is 1. The molecule has 1 aromatic rings. The lowest BCUT2D eigenvalue weighted by Crippen LogP contribution is -2.43. The van der Waals surface area contributed by atoms with Crippen molar-refractivity contribution in [3.63, 3.8) is 0 Å². The second-order valence-corrected chi connectivity index (χ2v) is 5.85. The number of amides is 1. The predicted molar refractivity (Wildman–Crippen MR) is 82.2 cm³/mol. The average molecular weight is 291 g/mol. The summed E-state index contributed by atoms with van der Waals surface area (Å²) < 4.78 is 5.69. The predicted octanol–water partition coefficient (Wildman–Crippen LogP) is 2.96. The van der Waals surface area contributed by atoms with E-state index >= 15 is 0 Å². The normalized spacial score (nSPS) is 18.8. The Bertz CT molecular complexity index is 467. The fourth-order valence-electron chi connectivity index (χ4n) is 2.67. The Labute approximate surface area is 126 Å². The maximum Gasteiger partial charge on any atom is 0.260 e. The van der Waals surface area contributed by atoms with E-state index < -0.39 is 12.2 Å². The van der Waals surface area contributed by atoms with Gasteiger partial charge in [0.15, 0.2) is 6.10 Å². The summed E-state index contributed by atoms with van der Waals surface area (Å²) in [6.07, 6.45) is 4.71. The van der Waals surface area contributed by atoms with E-state index in [9.17, 15) is 9.90 Å². The highest BCUT2D eigenvalue weighted by Gasteiger charge is 2.20. The molecule has 2 atom stereocenters. The van der Waals surface area contributed by atoms with Crippen LogP contribution in [0.15, 0.2) is 24.3 Å². The van der Waals surface area contributed by atoms with Crippen LogP contribution in [-0.2, 0) is 4.79 Å². The average Bonchev–Trinajstić information content (AvgIpc) is 2.48. The van der Waals surface area contributed by atoms with E-state index in [0.29, 0.717) is 11.8 Å². The van der Waals surface area contributed by atoms with Crippen LogP contribution in [0.3, 0.4) is 0 Å². The van der Waals surface area contributed by atoms with E-state index in [2.05, 4.69) is 5.32 Å². The van der Waals surface area contributed by atoms with Gasteiger partial charge in [0.2, 0.25) is 0 Å². The fourth-order valence-corrected chi connectivity index (χ4v) is 2.67. The van der Waals surface area contributed by atoms with Gasteiger partial charge >= 0.3 is 0 Å². The number of hydrogen-bond acceptors (Lipinski definition) is 3. The van der Waals surface area contributed by atoms with Gasteiger partial charge in [-0.2, -0.15) is 0 Å². The summed E-state index contributed by atoms with van der Waals surface area (Å²) in [5.41, 5.74) is 0.785. The van der Waals surface area contributed by atoms with Crippen LogP contribution in [-0.4, -0.2) is 23.2 Å². The molecule has 2 rings (SSSR count). The minimum Gasteiger partial charge on any atom is -0.481 e. The zero-order valence-corrected chi connectivity index (χ0v) is 12.8. The molecule has 116 valence electrons. The van der Waals surface area contributed by atoms with E-state index in [0.717, 1.165) is 18.4 Å². The van der Waals surface area contributed by atoms with Gasteiger partial charge in [-0.05, 0) is 44.4 Å². The third-order valence-corrected chi connectivity index (χ3v) is 3.97. The van der Waals surface area contributed by atoms with E-state index in [1.54, 1.807) is 26.0 Å². The molecule has 0 aromatic heterocycles. The molecule has 1 fully saturated rings. The molecule has 0 heterocycles. The smallest absolute Gasteiger partial charge is 0.260 e. The molecule has 1 aromatic carbocycles. The number of carbonyl (C=O) groups is 1. The number of nitrogens with one attached hydrogen (secondary N) is 1. The first-order chi connectivity index (χ1) is 10.1. The first-order valence-corrected chi connectivity index (χ1v) is 7.81. The van der Waals surface area contributed by atoms with Crippen molar-refractivity contribution in [3.05, 3.63) is 29.8 Å². The number of aliphatic hydroxyl groups is 1. The molecule has 0 saturated heterocycles. The third kappa shape index (κ3) is 4.74. The van der Waals surface area contributed by atoms with E-state index in [-0.39, 0.29) is 5.91 Å². The molecule has 0 radical (unpaired) electrons. The first kappa shape index (κ1) is 15.8. The van der Waals surface area contributed by atoms with Crippen molar-refractivity contribution in [1.29, 1.82) is 0 Å². The maximum absolute atomic E-state index is 12.1. The zero-order valence-electron chi connectivity index (χ0n) is 12.8. The highest BCUT2D eigenvalue weighted by molar-refractivity contribution is 5.81. The third-order valence-electron chi connectivity index (χ3n) is 3.97. The van der Waals surface area contributed by atoms with Crippen LogP contribution in [0, 0.1) is 0 Å². The Kier molecular flexibility index (Phi) is 5.62. The lowest BCUT2D eigenvalue weighted by atomic mass is 9.95. The number of aliphatic hydroxyl groups excluding tert-OH is 1. The van der Waals surface area contributed by atoms with Gasteiger partial charge in [-0.25, -0.2) is 0 Å². The molecule has 0 bridgehead atoms. The van der Waals surface area contributed by atoms with Crippen LogP contribution in [0.5, 0.6) is 5.75 Å². The van der Waals surface area contributed by atoms with E-state index in [4.69, 9.17) is 4.74 Å². The van der Waals surface area contributed by atoms with Crippen molar-refractivity contribution in [2.45, 2.75) is 64.2 Å². The Balaban J connectivity index is 1.89. The summed E-state index contributed by atoms with van der Waals surface area (Å²) in [6, 6.07) is 7.53. The molecule has 0 aliphatic heterocycles. The molecule has 4 nitrogen and oxygen atoms in total. The summed E-state index contributed by atoms with van der Waals surface area (Å²) in [5.74, 6) is 0.545. The Morgan fingerprint density at radius 1 is 1.29 bits per heavy atom. The summed E-state index contributed by atoms with van der Waals surface area (Å²) in [6.45, 7) is 3.46. The van der Waals surface area contributed by atoms with Crippen LogP contribution in [0.4, 0.5) is 0 Å². The Morgan fingerprint density at radius 3 is 2.67 bits per heavy atom. The molecule has 1 unspecified atom stereocenters. The monoisotopic (exact) mass is 291 g/mol. The molecule has 0 spiro atoms. The first-order valence-electron chi connectivity index (χ1n) is 7.81. The van der Waals surface area contributed by atoms with Gasteiger partial charge in [0, 0.05) is 6.04 Å². The minimum absolute atomic E-state index is 0.0654. The molecular formula is C17H25NO3. The van der Waals surface area contributed by atoms with Crippen molar-refractivity contribution in [2.75, 3.05) is 0 Å². The summed E-state index contributed by atoms with van der Waals surface area (Å²) >= 11 is 0. The molecule has 4 heteroatoms.